The predicted molar refractivity (Wildman–Crippen MR) is 78.8 cm³/mol. The second-order valence-corrected chi connectivity index (χ2v) is 6.01. The van der Waals surface area contributed by atoms with E-state index in [0.29, 0.717) is 11.3 Å². The lowest BCUT2D eigenvalue weighted by atomic mass is 9.85. The lowest BCUT2D eigenvalue weighted by molar-refractivity contribution is -0.117. The second kappa shape index (κ2) is 6.05. The van der Waals surface area contributed by atoms with Gasteiger partial charge in [0, 0.05) is 18.2 Å². The minimum atomic E-state index is -1.01. The zero-order chi connectivity index (χ0) is 15.5. The molecule has 0 saturated carbocycles. The molecule has 1 atom stereocenters. The summed E-state index contributed by atoms with van der Waals surface area (Å²) >= 11 is 0. The number of rotatable bonds is 4. The van der Waals surface area contributed by atoms with Gasteiger partial charge in [-0.3, -0.25) is 4.79 Å². The molecule has 0 aliphatic rings. The molecule has 1 aromatic carbocycles. The smallest absolute Gasteiger partial charge is 0.336 e. The van der Waals surface area contributed by atoms with Gasteiger partial charge in [0.15, 0.2) is 0 Å². The molecule has 0 heterocycles. The van der Waals surface area contributed by atoms with E-state index < -0.39 is 5.97 Å². The van der Waals surface area contributed by atoms with Crippen LogP contribution in [0.15, 0.2) is 18.2 Å². The van der Waals surface area contributed by atoms with Crippen molar-refractivity contribution in [2.45, 2.75) is 40.2 Å². The van der Waals surface area contributed by atoms with E-state index in [9.17, 15) is 9.59 Å². The van der Waals surface area contributed by atoms with Gasteiger partial charge in [-0.25, -0.2) is 4.79 Å². The van der Waals surface area contributed by atoms with Crippen LogP contribution in [0, 0.1) is 12.3 Å². The van der Waals surface area contributed by atoms with E-state index in [4.69, 9.17) is 10.8 Å². The summed E-state index contributed by atoms with van der Waals surface area (Å²) in [6.07, 6.45) is 0.195. The molecule has 1 unspecified atom stereocenters. The Kier molecular flexibility index (Phi) is 4.89. The van der Waals surface area contributed by atoms with Gasteiger partial charge in [0.05, 0.1) is 5.56 Å². The standard InChI is InChI=1S/C15H22N2O3/c1-9-10(14(19)20)6-5-7-11(9)17-13(18)8-12(16)15(2,3)4/h5-7,12H,8,16H2,1-4H3,(H,17,18)(H,19,20). The van der Waals surface area contributed by atoms with Crippen LogP contribution in [0.4, 0.5) is 5.69 Å². The molecule has 0 bridgehead atoms. The van der Waals surface area contributed by atoms with E-state index in [1.54, 1.807) is 19.1 Å². The molecule has 0 aromatic heterocycles. The van der Waals surface area contributed by atoms with Crippen molar-refractivity contribution in [2.24, 2.45) is 11.1 Å². The number of anilines is 1. The van der Waals surface area contributed by atoms with Crippen LogP contribution in [0.3, 0.4) is 0 Å². The fraction of sp³-hybridized carbons (Fsp3) is 0.467. The van der Waals surface area contributed by atoms with Gasteiger partial charge >= 0.3 is 5.97 Å². The van der Waals surface area contributed by atoms with E-state index in [-0.39, 0.29) is 29.3 Å². The zero-order valence-corrected chi connectivity index (χ0v) is 12.4. The quantitative estimate of drug-likeness (QED) is 0.788. The number of carbonyl (C=O) groups excluding carboxylic acids is 1. The fourth-order valence-corrected chi connectivity index (χ4v) is 1.71. The van der Waals surface area contributed by atoms with E-state index >= 15 is 0 Å². The Labute approximate surface area is 119 Å². The van der Waals surface area contributed by atoms with Crippen LogP contribution in [0.2, 0.25) is 0 Å². The topological polar surface area (TPSA) is 92.4 Å². The highest BCUT2D eigenvalue weighted by atomic mass is 16.4. The van der Waals surface area contributed by atoms with Crippen molar-refractivity contribution >= 4 is 17.6 Å². The summed E-state index contributed by atoms with van der Waals surface area (Å²) in [5.74, 6) is -1.22. The first-order valence-electron chi connectivity index (χ1n) is 6.51. The van der Waals surface area contributed by atoms with Crippen LogP contribution < -0.4 is 11.1 Å². The Bertz CT molecular complexity index is 518. The Morgan fingerprint density at radius 3 is 2.45 bits per heavy atom. The van der Waals surface area contributed by atoms with Crippen LogP contribution in [0.1, 0.15) is 43.1 Å². The van der Waals surface area contributed by atoms with Crippen molar-refractivity contribution in [1.29, 1.82) is 0 Å². The molecule has 0 aliphatic carbocycles. The van der Waals surface area contributed by atoms with Crippen LogP contribution in [0.5, 0.6) is 0 Å². The Balaban J connectivity index is 2.82. The Morgan fingerprint density at radius 1 is 1.35 bits per heavy atom. The molecule has 0 saturated heterocycles. The SMILES string of the molecule is Cc1c(NC(=O)CC(N)C(C)(C)C)cccc1C(=O)O. The summed E-state index contributed by atoms with van der Waals surface area (Å²) in [5, 5.41) is 11.8. The van der Waals surface area contributed by atoms with Gasteiger partial charge in [-0.15, -0.1) is 0 Å². The molecule has 5 nitrogen and oxygen atoms in total. The number of nitrogens with one attached hydrogen (secondary N) is 1. The molecule has 5 heteroatoms. The molecule has 0 fully saturated rings. The van der Waals surface area contributed by atoms with Crippen LogP contribution in [-0.2, 0) is 4.79 Å². The maximum absolute atomic E-state index is 12.0. The van der Waals surface area contributed by atoms with Gasteiger partial charge in [-0.05, 0) is 30.0 Å². The van der Waals surface area contributed by atoms with Crippen LogP contribution in [0.25, 0.3) is 0 Å². The molecule has 20 heavy (non-hydrogen) atoms. The largest absolute Gasteiger partial charge is 0.478 e. The second-order valence-electron chi connectivity index (χ2n) is 6.01. The van der Waals surface area contributed by atoms with Gasteiger partial charge in [-0.2, -0.15) is 0 Å². The third-order valence-electron chi connectivity index (χ3n) is 3.36. The lowest BCUT2D eigenvalue weighted by Crippen LogP contribution is -2.38. The molecule has 1 aromatic rings. The van der Waals surface area contributed by atoms with Gasteiger partial charge in [0.1, 0.15) is 0 Å². The van der Waals surface area contributed by atoms with Gasteiger partial charge < -0.3 is 16.2 Å². The average Bonchev–Trinajstić information content (AvgIpc) is 2.30. The molecule has 0 radical (unpaired) electrons. The van der Waals surface area contributed by atoms with Crippen molar-refractivity contribution < 1.29 is 14.7 Å². The fourth-order valence-electron chi connectivity index (χ4n) is 1.71. The summed E-state index contributed by atoms with van der Waals surface area (Å²) in [5.41, 5.74) is 7.04. The van der Waals surface area contributed by atoms with Gasteiger partial charge in [-0.1, -0.05) is 26.8 Å². The van der Waals surface area contributed by atoms with Crippen molar-refractivity contribution in [3.8, 4) is 0 Å². The van der Waals surface area contributed by atoms with E-state index in [0.717, 1.165) is 0 Å². The first kappa shape index (κ1) is 16.2. The summed E-state index contributed by atoms with van der Waals surface area (Å²) in [6, 6.07) is 4.54. The number of benzene rings is 1. The number of hydrogen-bond acceptors (Lipinski definition) is 3. The minimum Gasteiger partial charge on any atom is -0.478 e. The molecular weight excluding hydrogens is 256 g/mol. The van der Waals surface area contributed by atoms with Gasteiger partial charge in [0.2, 0.25) is 5.91 Å². The maximum Gasteiger partial charge on any atom is 0.336 e. The molecule has 0 aliphatic heterocycles. The number of amides is 1. The summed E-state index contributed by atoms with van der Waals surface area (Å²) in [7, 11) is 0. The average molecular weight is 278 g/mol. The number of carboxylic acids is 1. The molecule has 1 amide bonds. The zero-order valence-electron chi connectivity index (χ0n) is 12.4. The molecule has 110 valence electrons. The number of hydrogen-bond donors (Lipinski definition) is 3. The normalized spacial score (nSPS) is 12.8. The minimum absolute atomic E-state index is 0.157. The summed E-state index contributed by atoms with van der Waals surface area (Å²) in [4.78, 5) is 23.0. The number of nitrogens with two attached hydrogens (primary N) is 1. The summed E-state index contributed by atoms with van der Waals surface area (Å²) < 4.78 is 0. The molecule has 4 N–H and O–H groups in total. The van der Waals surface area contributed by atoms with E-state index in [1.165, 1.54) is 6.07 Å². The van der Waals surface area contributed by atoms with E-state index in [1.807, 2.05) is 20.8 Å². The highest BCUT2D eigenvalue weighted by molar-refractivity contribution is 5.96. The lowest BCUT2D eigenvalue weighted by Gasteiger charge is -2.26. The van der Waals surface area contributed by atoms with Crippen LogP contribution >= 0.6 is 0 Å². The van der Waals surface area contributed by atoms with Crippen molar-refractivity contribution in [2.75, 3.05) is 5.32 Å². The number of carbonyl (C=O) groups is 2. The first-order chi connectivity index (χ1) is 9.12. The number of aromatic carboxylic acids is 1. The third kappa shape index (κ3) is 4.06. The third-order valence-corrected chi connectivity index (χ3v) is 3.36. The monoisotopic (exact) mass is 278 g/mol. The molecule has 0 spiro atoms. The highest BCUT2D eigenvalue weighted by Gasteiger charge is 2.23. The van der Waals surface area contributed by atoms with Crippen molar-refractivity contribution in [3.05, 3.63) is 29.3 Å². The number of carboxylic acid groups (broad SMARTS) is 1. The Morgan fingerprint density at radius 2 is 1.95 bits per heavy atom. The maximum atomic E-state index is 12.0. The van der Waals surface area contributed by atoms with Crippen molar-refractivity contribution in [1.82, 2.24) is 0 Å². The highest BCUT2D eigenvalue weighted by Crippen LogP contribution is 2.22. The molecule has 1 rings (SSSR count). The summed E-state index contributed by atoms with van der Waals surface area (Å²) in [6.45, 7) is 7.59. The molecular formula is C15H22N2O3. The van der Waals surface area contributed by atoms with Gasteiger partial charge in [0.25, 0.3) is 0 Å². The van der Waals surface area contributed by atoms with Crippen molar-refractivity contribution in [3.63, 3.8) is 0 Å². The first-order valence-corrected chi connectivity index (χ1v) is 6.51. The Hall–Kier alpha value is -1.88. The van der Waals surface area contributed by atoms with Crippen LogP contribution in [-0.4, -0.2) is 23.0 Å². The van der Waals surface area contributed by atoms with E-state index in [2.05, 4.69) is 5.32 Å². The predicted octanol–water partition coefficient (Wildman–Crippen LogP) is 2.40.